The Bertz CT molecular complexity index is 797. The van der Waals surface area contributed by atoms with Crippen molar-refractivity contribution >= 4 is 17.3 Å². The third-order valence-corrected chi connectivity index (χ3v) is 4.36. The van der Waals surface area contributed by atoms with E-state index in [9.17, 15) is 0 Å². The van der Waals surface area contributed by atoms with E-state index in [2.05, 4.69) is 55.6 Å². The fourth-order valence-electron chi connectivity index (χ4n) is 3.18. The van der Waals surface area contributed by atoms with Crippen molar-refractivity contribution in [1.29, 1.82) is 0 Å². The van der Waals surface area contributed by atoms with Crippen molar-refractivity contribution in [2.75, 3.05) is 29.9 Å². The highest BCUT2D eigenvalue weighted by atomic mass is 15.4. The summed E-state index contributed by atoms with van der Waals surface area (Å²) >= 11 is 0. The van der Waals surface area contributed by atoms with Gasteiger partial charge in [0.15, 0.2) is 0 Å². The highest BCUT2D eigenvalue weighted by molar-refractivity contribution is 5.48. The third kappa shape index (κ3) is 2.84. The van der Waals surface area contributed by atoms with E-state index in [1.54, 1.807) is 10.8 Å². The van der Waals surface area contributed by atoms with E-state index in [0.29, 0.717) is 11.7 Å². The molecule has 3 heterocycles. The molecule has 1 aliphatic heterocycles. The molecule has 6 heteroatoms. The molecule has 0 bridgehead atoms. The molecular formula is C17H20N6. The molecule has 6 nitrogen and oxygen atoms in total. The van der Waals surface area contributed by atoms with Crippen LogP contribution in [0, 0.1) is 12.8 Å². The molecule has 1 aromatic carbocycles. The number of para-hydroxylation sites is 1. The first-order valence-electron chi connectivity index (χ1n) is 8.01. The van der Waals surface area contributed by atoms with Crippen LogP contribution in [0.5, 0.6) is 0 Å². The van der Waals surface area contributed by atoms with Crippen molar-refractivity contribution in [3.63, 3.8) is 0 Å². The molecule has 0 amide bonds. The summed E-state index contributed by atoms with van der Waals surface area (Å²) in [7, 11) is 0. The summed E-state index contributed by atoms with van der Waals surface area (Å²) in [6, 6.07) is 12.6. The van der Waals surface area contributed by atoms with Gasteiger partial charge in [-0.1, -0.05) is 18.2 Å². The second-order valence-corrected chi connectivity index (χ2v) is 6.07. The van der Waals surface area contributed by atoms with Crippen molar-refractivity contribution in [3.05, 3.63) is 48.4 Å². The number of rotatable bonds is 4. The molecule has 2 aromatic heterocycles. The van der Waals surface area contributed by atoms with Gasteiger partial charge >= 0.3 is 0 Å². The van der Waals surface area contributed by atoms with Gasteiger partial charge in [-0.05, 0) is 31.4 Å². The fourth-order valence-corrected chi connectivity index (χ4v) is 3.18. The van der Waals surface area contributed by atoms with E-state index in [4.69, 9.17) is 0 Å². The SMILES string of the molecule is Cc1cc(NC[C@@H]2CCN(c3ccccc3)C2)n2ncnc2n1. The first-order valence-corrected chi connectivity index (χ1v) is 8.01. The number of aryl methyl sites for hydroxylation is 1. The zero-order valence-electron chi connectivity index (χ0n) is 13.2. The van der Waals surface area contributed by atoms with Gasteiger partial charge in [-0.3, -0.25) is 0 Å². The minimum atomic E-state index is 0.627. The molecule has 3 aromatic rings. The lowest BCUT2D eigenvalue weighted by Gasteiger charge is -2.19. The zero-order chi connectivity index (χ0) is 15.6. The minimum Gasteiger partial charge on any atom is -0.371 e. The van der Waals surface area contributed by atoms with E-state index in [-0.39, 0.29) is 0 Å². The molecule has 1 atom stereocenters. The van der Waals surface area contributed by atoms with Crippen LogP contribution in [0.4, 0.5) is 11.5 Å². The molecule has 118 valence electrons. The van der Waals surface area contributed by atoms with E-state index < -0.39 is 0 Å². The maximum atomic E-state index is 4.37. The van der Waals surface area contributed by atoms with Gasteiger partial charge < -0.3 is 10.2 Å². The predicted octanol–water partition coefficient (Wildman–Crippen LogP) is 2.37. The summed E-state index contributed by atoms with van der Waals surface area (Å²) in [6.07, 6.45) is 2.74. The molecular weight excluding hydrogens is 288 g/mol. The number of nitrogens with zero attached hydrogens (tertiary/aromatic N) is 5. The molecule has 1 fully saturated rings. The maximum absolute atomic E-state index is 4.37. The molecule has 1 saturated heterocycles. The molecule has 23 heavy (non-hydrogen) atoms. The van der Waals surface area contributed by atoms with E-state index in [0.717, 1.165) is 31.1 Å². The summed E-state index contributed by atoms with van der Waals surface area (Å²) < 4.78 is 1.76. The Morgan fingerprint density at radius 2 is 2.13 bits per heavy atom. The first-order chi connectivity index (χ1) is 11.3. The lowest BCUT2D eigenvalue weighted by Crippen LogP contribution is -2.23. The monoisotopic (exact) mass is 308 g/mol. The van der Waals surface area contributed by atoms with Crippen LogP contribution >= 0.6 is 0 Å². The van der Waals surface area contributed by atoms with Crippen molar-refractivity contribution in [2.24, 2.45) is 5.92 Å². The molecule has 4 rings (SSSR count). The summed E-state index contributed by atoms with van der Waals surface area (Å²) in [5.74, 6) is 2.23. The number of aromatic nitrogens is 4. The molecule has 0 radical (unpaired) electrons. The van der Waals surface area contributed by atoms with Gasteiger partial charge in [0.1, 0.15) is 12.1 Å². The van der Waals surface area contributed by atoms with Crippen LogP contribution < -0.4 is 10.2 Å². The molecule has 1 aliphatic rings. The molecule has 0 aliphatic carbocycles. The Hall–Kier alpha value is -2.63. The van der Waals surface area contributed by atoms with Crippen molar-refractivity contribution in [3.8, 4) is 0 Å². The number of fused-ring (bicyclic) bond motifs is 1. The Balaban J connectivity index is 1.42. The summed E-state index contributed by atoms with van der Waals surface area (Å²) in [6.45, 7) is 5.11. The highest BCUT2D eigenvalue weighted by Gasteiger charge is 2.22. The third-order valence-electron chi connectivity index (χ3n) is 4.36. The van der Waals surface area contributed by atoms with E-state index in [1.807, 2.05) is 13.0 Å². The Morgan fingerprint density at radius 3 is 3.00 bits per heavy atom. The number of anilines is 2. The van der Waals surface area contributed by atoms with Gasteiger partial charge in [0.05, 0.1) is 0 Å². The van der Waals surface area contributed by atoms with Crippen LogP contribution in [0.2, 0.25) is 0 Å². The number of hydrogen-bond acceptors (Lipinski definition) is 5. The Labute approximate surface area is 135 Å². The van der Waals surface area contributed by atoms with Crippen LogP contribution in [0.25, 0.3) is 5.78 Å². The minimum absolute atomic E-state index is 0.627. The smallest absolute Gasteiger partial charge is 0.254 e. The van der Waals surface area contributed by atoms with Crippen molar-refractivity contribution in [1.82, 2.24) is 19.6 Å². The first kappa shape index (κ1) is 14.0. The van der Waals surface area contributed by atoms with Crippen LogP contribution in [0.1, 0.15) is 12.1 Å². The Morgan fingerprint density at radius 1 is 1.26 bits per heavy atom. The van der Waals surface area contributed by atoms with E-state index >= 15 is 0 Å². The zero-order valence-corrected chi connectivity index (χ0v) is 13.2. The average Bonchev–Trinajstić information content (AvgIpc) is 3.22. The van der Waals surface area contributed by atoms with Gasteiger partial charge in [-0.2, -0.15) is 14.6 Å². The van der Waals surface area contributed by atoms with Gasteiger partial charge in [0.2, 0.25) is 0 Å². The lowest BCUT2D eigenvalue weighted by molar-refractivity contribution is 0.619. The normalized spacial score (nSPS) is 17.8. The average molecular weight is 308 g/mol. The van der Waals surface area contributed by atoms with Crippen molar-refractivity contribution < 1.29 is 0 Å². The highest BCUT2D eigenvalue weighted by Crippen LogP contribution is 2.23. The molecule has 0 saturated carbocycles. The summed E-state index contributed by atoms with van der Waals surface area (Å²) in [4.78, 5) is 11.0. The van der Waals surface area contributed by atoms with Crippen LogP contribution in [0.3, 0.4) is 0 Å². The number of benzene rings is 1. The fraction of sp³-hybridized carbons (Fsp3) is 0.353. The largest absolute Gasteiger partial charge is 0.371 e. The molecule has 0 unspecified atom stereocenters. The van der Waals surface area contributed by atoms with Gasteiger partial charge in [0, 0.05) is 37.1 Å². The topological polar surface area (TPSA) is 58.4 Å². The van der Waals surface area contributed by atoms with Gasteiger partial charge in [0.25, 0.3) is 5.78 Å². The second kappa shape index (κ2) is 5.87. The maximum Gasteiger partial charge on any atom is 0.254 e. The summed E-state index contributed by atoms with van der Waals surface area (Å²) in [5.41, 5.74) is 2.26. The van der Waals surface area contributed by atoms with Gasteiger partial charge in [-0.15, -0.1) is 0 Å². The standard InChI is InChI=1S/C17H20N6/c1-13-9-16(23-17(21-13)19-12-20-23)18-10-14-7-8-22(11-14)15-5-3-2-4-6-15/h2-6,9,12,14,18H,7-8,10-11H2,1H3/t14-/m0/s1. The van der Waals surface area contributed by atoms with Gasteiger partial charge in [-0.25, -0.2) is 4.98 Å². The quantitative estimate of drug-likeness (QED) is 0.802. The van der Waals surface area contributed by atoms with Crippen LogP contribution in [0.15, 0.2) is 42.7 Å². The van der Waals surface area contributed by atoms with Crippen LogP contribution in [-0.4, -0.2) is 39.2 Å². The predicted molar refractivity (Wildman–Crippen MR) is 90.8 cm³/mol. The second-order valence-electron chi connectivity index (χ2n) is 6.07. The molecule has 0 spiro atoms. The summed E-state index contributed by atoms with van der Waals surface area (Å²) in [5, 5.41) is 7.76. The molecule has 1 N–H and O–H groups in total. The van der Waals surface area contributed by atoms with Crippen LogP contribution in [-0.2, 0) is 0 Å². The Kier molecular flexibility index (Phi) is 3.57. The number of nitrogens with one attached hydrogen (secondary N) is 1. The number of hydrogen-bond donors (Lipinski definition) is 1. The lowest BCUT2D eigenvalue weighted by atomic mass is 10.1. The van der Waals surface area contributed by atoms with Crippen molar-refractivity contribution in [2.45, 2.75) is 13.3 Å². The van der Waals surface area contributed by atoms with E-state index in [1.165, 1.54) is 12.1 Å².